The van der Waals surface area contributed by atoms with Gasteiger partial charge in [0.05, 0.1) is 26.0 Å². The average molecular weight is 400 g/mol. The Hall–Kier alpha value is -4.06. The van der Waals surface area contributed by atoms with Gasteiger partial charge < -0.3 is 19.2 Å². The predicted octanol–water partition coefficient (Wildman–Crippen LogP) is 5.28. The first-order chi connectivity index (χ1) is 14.7. The van der Waals surface area contributed by atoms with Gasteiger partial charge in [-0.25, -0.2) is 4.98 Å². The van der Waals surface area contributed by atoms with Gasteiger partial charge in [-0.05, 0) is 48.5 Å². The van der Waals surface area contributed by atoms with E-state index in [0.29, 0.717) is 34.2 Å². The van der Waals surface area contributed by atoms with Crippen molar-refractivity contribution in [2.75, 3.05) is 19.5 Å². The summed E-state index contributed by atoms with van der Waals surface area (Å²) in [5, 5.41) is 2.89. The number of nitrogens with one attached hydrogen (secondary N) is 1. The van der Waals surface area contributed by atoms with E-state index in [1.54, 1.807) is 44.7 Å². The Morgan fingerprint density at radius 3 is 2.43 bits per heavy atom. The molecule has 0 aliphatic heterocycles. The Balaban J connectivity index is 1.61. The zero-order chi connectivity index (χ0) is 20.9. The Morgan fingerprint density at radius 1 is 0.900 bits per heavy atom. The van der Waals surface area contributed by atoms with Crippen molar-refractivity contribution in [1.29, 1.82) is 0 Å². The van der Waals surface area contributed by atoms with Gasteiger partial charge in [0, 0.05) is 22.9 Å². The molecule has 1 heterocycles. The highest BCUT2D eigenvalue weighted by Crippen LogP contribution is 2.29. The van der Waals surface area contributed by atoms with Crippen LogP contribution in [-0.2, 0) is 0 Å². The van der Waals surface area contributed by atoms with Crippen LogP contribution in [-0.4, -0.2) is 25.1 Å². The van der Waals surface area contributed by atoms with Crippen LogP contribution in [0.5, 0.6) is 11.5 Å². The molecule has 0 saturated heterocycles. The summed E-state index contributed by atoms with van der Waals surface area (Å²) in [4.78, 5) is 17.3. The molecule has 0 aliphatic rings. The number of carbonyl (C=O) groups excluding carboxylic acids is 1. The van der Waals surface area contributed by atoms with E-state index in [1.807, 2.05) is 48.5 Å². The standard InChI is InChI=1S/C24H20N2O4/c1-28-18-12-10-16(11-13-18)22-15-25-24(30-22)21-9-4-3-8-20(21)23(27)26-17-6-5-7-19(14-17)29-2/h3-15H,1-2H3,(H,26,27). The smallest absolute Gasteiger partial charge is 0.256 e. The summed E-state index contributed by atoms with van der Waals surface area (Å²) in [5.74, 6) is 2.15. The van der Waals surface area contributed by atoms with E-state index in [9.17, 15) is 4.79 Å². The highest BCUT2D eigenvalue weighted by molar-refractivity contribution is 6.08. The van der Waals surface area contributed by atoms with Crippen molar-refractivity contribution in [2.45, 2.75) is 0 Å². The molecule has 0 fully saturated rings. The van der Waals surface area contributed by atoms with Gasteiger partial charge in [-0.1, -0.05) is 18.2 Å². The Labute approximate surface area is 174 Å². The molecule has 0 atom stereocenters. The lowest BCUT2D eigenvalue weighted by molar-refractivity contribution is 0.102. The molecule has 0 bridgehead atoms. The summed E-state index contributed by atoms with van der Waals surface area (Å²) in [5.41, 5.74) is 2.58. The molecule has 30 heavy (non-hydrogen) atoms. The second-order valence-electron chi connectivity index (χ2n) is 6.49. The molecule has 6 heteroatoms. The number of nitrogens with zero attached hydrogens (tertiary/aromatic N) is 1. The lowest BCUT2D eigenvalue weighted by Crippen LogP contribution is -2.13. The quantitative estimate of drug-likeness (QED) is 0.477. The third kappa shape index (κ3) is 4.03. The molecule has 1 amide bonds. The van der Waals surface area contributed by atoms with Gasteiger partial charge in [0.25, 0.3) is 5.91 Å². The molecular formula is C24H20N2O4. The molecule has 0 saturated carbocycles. The number of ether oxygens (including phenoxy) is 2. The van der Waals surface area contributed by atoms with Crippen molar-refractivity contribution in [3.05, 3.63) is 84.6 Å². The molecular weight excluding hydrogens is 380 g/mol. The molecule has 150 valence electrons. The van der Waals surface area contributed by atoms with Crippen LogP contribution in [0.25, 0.3) is 22.8 Å². The number of hydrogen-bond acceptors (Lipinski definition) is 5. The van der Waals surface area contributed by atoms with E-state index >= 15 is 0 Å². The van der Waals surface area contributed by atoms with Crippen LogP contribution in [0.3, 0.4) is 0 Å². The summed E-state index contributed by atoms with van der Waals surface area (Å²) in [7, 11) is 3.20. The summed E-state index contributed by atoms with van der Waals surface area (Å²) in [6, 6.07) is 21.9. The fraction of sp³-hybridized carbons (Fsp3) is 0.0833. The van der Waals surface area contributed by atoms with E-state index in [1.165, 1.54) is 0 Å². The van der Waals surface area contributed by atoms with E-state index in [2.05, 4.69) is 10.3 Å². The van der Waals surface area contributed by atoms with E-state index in [4.69, 9.17) is 13.9 Å². The minimum Gasteiger partial charge on any atom is -0.497 e. The topological polar surface area (TPSA) is 73.6 Å². The fourth-order valence-corrected chi connectivity index (χ4v) is 3.05. The van der Waals surface area contributed by atoms with Crippen LogP contribution in [0.1, 0.15) is 10.4 Å². The Bertz CT molecular complexity index is 1170. The molecule has 1 N–H and O–H groups in total. The third-order valence-corrected chi connectivity index (χ3v) is 4.61. The molecule has 6 nitrogen and oxygen atoms in total. The van der Waals surface area contributed by atoms with E-state index in [-0.39, 0.29) is 5.91 Å². The van der Waals surface area contributed by atoms with Crippen LogP contribution in [0.4, 0.5) is 5.69 Å². The van der Waals surface area contributed by atoms with Gasteiger partial charge in [-0.3, -0.25) is 4.79 Å². The molecule has 0 unspecified atom stereocenters. The van der Waals surface area contributed by atoms with Crippen LogP contribution in [0, 0.1) is 0 Å². The summed E-state index contributed by atoms with van der Waals surface area (Å²) < 4.78 is 16.4. The second-order valence-corrected chi connectivity index (χ2v) is 6.49. The van der Waals surface area contributed by atoms with Crippen molar-refractivity contribution in [3.8, 4) is 34.3 Å². The van der Waals surface area contributed by atoms with Gasteiger partial charge in [0.2, 0.25) is 5.89 Å². The number of methoxy groups -OCH3 is 2. The minimum absolute atomic E-state index is 0.261. The number of anilines is 1. The first-order valence-corrected chi connectivity index (χ1v) is 9.33. The predicted molar refractivity (Wildman–Crippen MR) is 115 cm³/mol. The van der Waals surface area contributed by atoms with Gasteiger partial charge in [-0.15, -0.1) is 0 Å². The molecule has 0 spiro atoms. The molecule has 0 aliphatic carbocycles. The first kappa shape index (κ1) is 19.3. The largest absolute Gasteiger partial charge is 0.497 e. The number of rotatable bonds is 6. The number of benzene rings is 3. The zero-order valence-corrected chi connectivity index (χ0v) is 16.6. The summed E-state index contributed by atoms with van der Waals surface area (Å²) in [6.07, 6.45) is 1.65. The maximum atomic E-state index is 12.9. The fourth-order valence-electron chi connectivity index (χ4n) is 3.05. The second kappa shape index (κ2) is 8.53. The van der Waals surface area contributed by atoms with Crippen molar-refractivity contribution < 1.29 is 18.7 Å². The highest BCUT2D eigenvalue weighted by Gasteiger charge is 2.17. The van der Waals surface area contributed by atoms with Gasteiger partial charge >= 0.3 is 0 Å². The zero-order valence-electron chi connectivity index (χ0n) is 16.6. The molecule has 0 radical (unpaired) electrons. The van der Waals surface area contributed by atoms with Crippen LogP contribution < -0.4 is 14.8 Å². The molecule has 4 rings (SSSR count). The van der Waals surface area contributed by atoms with Gasteiger partial charge in [0.15, 0.2) is 5.76 Å². The SMILES string of the molecule is COc1ccc(-c2cnc(-c3ccccc3C(=O)Nc3cccc(OC)c3)o2)cc1. The summed E-state index contributed by atoms with van der Waals surface area (Å²) in [6.45, 7) is 0. The molecule has 4 aromatic rings. The molecule has 1 aromatic heterocycles. The first-order valence-electron chi connectivity index (χ1n) is 9.33. The number of aromatic nitrogens is 1. The van der Waals surface area contributed by atoms with Gasteiger partial charge in [-0.2, -0.15) is 0 Å². The number of amides is 1. The number of carbonyl (C=O) groups is 1. The van der Waals surface area contributed by atoms with Gasteiger partial charge in [0.1, 0.15) is 11.5 Å². The summed E-state index contributed by atoms with van der Waals surface area (Å²) >= 11 is 0. The van der Waals surface area contributed by atoms with Crippen LogP contribution in [0.15, 0.2) is 83.4 Å². The third-order valence-electron chi connectivity index (χ3n) is 4.61. The maximum Gasteiger partial charge on any atom is 0.256 e. The Morgan fingerprint density at radius 2 is 1.67 bits per heavy atom. The average Bonchev–Trinajstić information content (AvgIpc) is 3.29. The van der Waals surface area contributed by atoms with Crippen LogP contribution in [0.2, 0.25) is 0 Å². The van der Waals surface area contributed by atoms with Crippen molar-refractivity contribution in [2.24, 2.45) is 0 Å². The van der Waals surface area contributed by atoms with Crippen LogP contribution >= 0.6 is 0 Å². The van der Waals surface area contributed by atoms with Crippen molar-refractivity contribution in [1.82, 2.24) is 4.98 Å². The van der Waals surface area contributed by atoms with Crippen molar-refractivity contribution >= 4 is 11.6 Å². The maximum absolute atomic E-state index is 12.9. The monoisotopic (exact) mass is 400 g/mol. The number of hydrogen-bond donors (Lipinski definition) is 1. The number of oxazole rings is 1. The highest BCUT2D eigenvalue weighted by atomic mass is 16.5. The van der Waals surface area contributed by atoms with Crippen molar-refractivity contribution in [3.63, 3.8) is 0 Å². The molecule has 3 aromatic carbocycles. The van der Waals surface area contributed by atoms with E-state index in [0.717, 1.165) is 11.3 Å². The van der Waals surface area contributed by atoms with E-state index < -0.39 is 0 Å². The minimum atomic E-state index is -0.261. The Kier molecular flexibility index (Phi) is 5.48. The lowest BCUT2D eigenvalue weighted by atomic mass is 10.1. The normalized spacial score (nSPS) is 10.5. The lowest BCUT2D eigenvalue weighted by Gasteiger charge is -2.09.